The van der Waals surface area contributed by atoms with E-state index in [0.717, 1.165) is 43.5 Å². The van der Waals surface area contributed by atoms with E-state index in [1.807, 2.05) is 25.1 Å². The van der Waals surface area contributed by atoms with Crippen molar-refractivity contribution < 1.29 is 14.2 Å². The number of guanidine groups is 1. The van der Waals surface area contributed by atoms with E-state index in [2.05, 4.69) is 17.6 Å². The average Bonchev–Trinajstić information content (AvgIpc) is 3.40. The van der Waals surface area contributed by atoms with Gasteiger partial charge in [0, 0.05) is 38.6 Å². The number of aliphatic imine (C=N–C) groups is 1. The van der Waals surface area contributed by atoms with Crippen LogP contribution in [0, 0.1) is 5.41 Å². The highest BCUT2D eigenvalue weighted by atomic mass is 127. The van der Waals surface area contributed by atoms with Gasteiger partial charge in [0.2, 0.25) is 0 Å². The Hall–Kier alpha value is -1.22. The molecule has 1 saturated carbocycles. The fourth-order valence-corrected chi connectivity index (χ4v) is 2.69. The standard InChI is InChI=1S/C19H31N3O3.HI/c1-5-20-18(21-14-19(9-10-19)11-12-23-3)22-15-7-8-16(25-6-2)17(13-15)24-4;/h7-8,13H,5-6,9-12,14H2,1-4H3,(H2,20,21,22);1H. The zero-order valence-corrected chi connectivity index (χ0v) is 18.6. The largest absolute Gasteiger partial charge is 0.493 e. The minimum Gasteiger partial charge on any atom is -0.493 e. The molecule has 0 unspecified atom stereocenters. The van der Waals surface area contributed by atoms with Crippen molar-refractivity contribution in [1.82, 2.24) is 5.32 Å². The van der Waals surface area contributed by atoms with Gasteiger partial charge >= 0.3 is 0 Å². The van der Waals surface area contributed by atoms with E-state index in [-0.39, 0.29) is 24.0 Å². The Balaban J connectivity index is 0.00000338. The van der Waals surface area contributed by atoms with Gasteiger partial charge in [-0.3, -0.25) is 4.99 Å². The van der Waals surface area contributed by atoms with Gasteiger partial charge < -0.3 is 24.8 Å². The Labute approximate surface area is 174 Å². The molecule has 2 N–H and O–H groups in total. The van der Waals surface area contributed by atoms with Crippen LogP contribution in [0.4, 0.5) is 5.69 Å². The first-order chi connectivity index (χ1) is 12.2. The Morgan fingerprint density at radius 1 is 1.19 bits per heavy atom. The maximum Gasteiger partial charge on any atom is 0.195 e. The first-order valence-corrected chi connectivity index (χ1v) is 9.01. The van der Waals surface area contributed by atoms with E-state index >= 15 is 0 Å². The number of hydrogen-bond donors (Lipinski definition) is 2. The third-order valence-corrected chi connectivity index (χ3v) is 4.44. The molecule has 0 saturated heterocycles. The minimum atomic E-state index is 0. The molecule has 0 radical (unpaired) electrons. The monoisotopic (exact) mass is 477 g/mol. The molecule has 0 heterocycles. The molecule has 7 heteroatoms. The summed E-state index contributed by atoms with van der Waals surface area (Å²) in [5, 5.41) is 6.65. The second kappa shape index (κ2) is 11.5. The van der Waals surface area contributed by atoms with Gasteiger partial charge in [-0.05, 0) is 50.7 Å². The van der Waals surface area contributed by atoms with Crippen molar-refractivity contribution in [2.24, 2.45) is 10.4 Å². The lowest BCUT2D eigenvalue weighted by Crippen LogP contribution is -2.31. The van der Waals surface area contributed by atoms with E-state index in [4.69, 9.17) is 19.2 Å². The Morgan fingerprint density at radius 2 is 1.96 bits per heavy atom. The van der Waals surface area contributed by atoms with Gasteiger partial charge in [0.1, 0.15) is 0 Å². The summed E-state index contributed by atoms with van der Waals surface area (Å²) in [6.45, 7) is 7.06. The normalized spacial score (nSPS) is 15.0. The van der Waals surface area contributed by atoms with E-state index in [9.17, 15) is 0 Å². The summed E-state index contributed by atoms with van der Waals surface area (Å²) in [6.07, 6.45) is 3.54. The summed E-state index contributed by atoms with van der Waals surface area (Å²) in [5.41, 5.74) is 1.25. The number of nitrogens with zero attached hydrogens (tertiary/aromatic N) is 1. The second-order valence-corrected chi connectivity index (χ2v) is 6.36. The Kier molecular flexibility index (Phi) is 10.1. The molecule has 1 aliphatic rings. The molecule has 0 aromatic heterocycles. The summed E-state index contributed by atoms with van der Waals surface area (Å²) in [5.74, 6) is 2.24. The summed E-state index contributed by atoms with van der Waals surface area (Å²) >= 11 is 0. The van der Waals surface area contributed by atoms with Crippen LogP contribution in [-0.2, 0) is 4.74 Å². The van der Waals surface area contributed by atoms with Crippen molar-refractivity contribution in [3.05, 3.63) is 18.2 Å². The lowest BCUT2D eigenvalue weighted by molar-refractivity contribution is 0.174. The van der Waals surface area contributed by atoms with Crippen LogP contribution in [0.1, 0.15) is 33.1 Å². The molecule has 1 aromatic rings. The van der Waals surface area contributed by atoms with Gasteiger partial charge in [-0.2, -0.15) is 0 Å². The number of halogens is 1. The molecule has 2 rings (SSSR count). The van der Waals surface area contributed by atoms with Gasteiger partial charge in [0.25, 0.3) is 0 Å². The van der Waals surface area contributed by atoms with Crippen LogP contribution in [0.25, 0.3) is 0 Å². The minimum absolute atomic E-state index is 0. The molecule has 0 spiro atoms. The summed E-state index contributed by atoms with van der Waals surface area (Å²) in [6, 6.07) is 5.81. The zero-order chi connectivity index (χ0) is 18.1. The Bertz CT molecular complexity index is 577. The van der Waals surface area contributed by atoms with Crippen LogP contribution in [0.2, 0.25) is 0 Å². The average molecular weight is 477 g/mol. The topological polar surface area (TPSA) is 64.1 Å². The zero-order valence-electron chi connectivity index (χ0n) is 16.3. The maximum atomic E-state index is 5.56. The first-order valence-electron chi connectivity index (χ1n) is 9.01. The highest BCUT2D eigenvalue weighted by Gasteiger charge is 2.41. The van der Waals surface area contributed by atoms with Gasteiger partial charge in [0.15, 0.2) is 17.5 Å². The number of anilines is 1. The second-order valence-electron chi connectivity index (χ2n) is 6.36. The first kappa shape index (κ1) is 22.8. The Morgan fingerprint density at radius 3 is 2.54 bits per heavy atom. The number of hydrogen-bond acceptors (Lipinski definition) is 4. The molecule has 1 aliphatic carbocycles. The van der Waals surface area contributed by atoms with Crippen LogP contribution in [0.5, 0.6) is 11.5 Å². The smallest absolute Gasteiger partial charge is 0.195 e. The van der Waals surface area contributed by atoms with Crippen LogP contribution in [0.3, 0.4) is 0 Å². The molecule has 6 nitrogen and oxygen atoms in total. The summed E-state index contributed by atoms with van der Waals surface area (Å²) in [4.78, 5) is 4.78. The van der Waals surface area contributed by atoms with Crippen LogP contribution >= 0.6 is 24.0 Å². The molecule has 0 aliphatic heterocycles. The van der Waals surface area contributed by atoms with Crippen LogP contribution in [-0.4, -0.2) is 46.5 Å². The quantitative estimate of drug-likeness (QED) is 0.304. The fraction of sp³-hybridized carbons (Fsp3) is 0.632. The third kappa shape index (κ3) is 6.83. The van der Waals surface area contributed by atoms with E-state index < -0.39 is 0 Å². The molecule has 0 atom stereocenters. The van der Waals surface area contributed by atoms with E-state index in [1.165, 1.54) is 12.8 Å². The highest BCUT2D eigenvalue weighted by molar-refractivity contribution is 14.0. The van der Waals surface area contributed by atoms with Crippen molar-refractivity contribution in [2.45, 2.75) is 33.1 Å². The van der Waals surface area contributed by atoms with Crippen LogP contribution < -0.4 is 20.1 Å². The van der Waals surface area contributed by atoms with Crippen molar-refractivity contribution >= 4 is 35.6 Å². The number of rotatable bonds is 10. The molecule has 148 valence electrons. The van der Waals surface area contributed by atoms with Gasteiger partial charge in [-0.25, -0.2) is 0 Å². The lowest BCUT2D eigenvalue weighted by atomic mass is 10.0. The van der Waals surface area contributed by atoms with Crippen LogP contribution in [0.15, 0.2) is 23.2 Å². The molecule has 1 fully saturated rings. The number of methoxy groups -OCH3 is 2. The maximum absolute atomic E-state index is 5.56. The molecule has 0 bridgehead atoms. The predicted octanol–water partition coefficient (Wildman–Crippen LogP) is 3.91. The highest BCUT2D eigenvalue weighted by Crippen LogP contribution is 2.49. The van der Waals surface area contributed by atoms with Gasteiger partial charge in [-0.1, -0.05) is 0 Å². The molecule has 0 amide bonds. The third-order valence-electron chi connectivity index (χ3n) is 4.44. The fourth-order valence-electron chi connectivity index (χ4n) is 2.69. The molecule has 1 aromatic carbocycles. The van der Waals surface area contributed by atoms with Crippen molar-refractivity contribution in [1.29, 1.82) is 0 Å². The molecular formula is C19H32IN3O3. The van der Waals surface area contributed by atoms with Crippen molar-refractivity contribution in [3.63, 3.8) is 0 Å². The lowest BCUT2D eigenvalue weighted by Gasteiger charge is -2.16. The summed E-state index contributed by atoms with van der Waals surface area (Å²) in [7, 11) is 3.40. The molecule has 26 heavy (non-hydrogen) atoms. The van der Waals surface area contributed by atoms with Gasteiger partial charge in [0.05, 0.1) is 13.7 Å². The SMILES string of the molecule is CCNC(=NCC1(CCOC)CC1)Nc1ccc(OCC)c(OC)c1.I. The number of ether oxygens (including phenoxy) is 3. The van der Waals surface area contributed by atoms with Crippen molar-refractivity contribution in [3.8, 4) is 11.5 Å². The predicted molar refractivity (Wildman–Crippen MR) is 117 cm³/mol. The number of nitrogens with one attached hydrogen (secondary N) is 2. The molecular weight excluding hydrogens is 445 g/mol. The summed E-state index contributed by atoms with van der Waals surface area (Å²) < 4.78 is 16.2. The van der Waals surface area contributed by atoms with Crippen molar-refractivity contribution in [2.75, 3.05) is 45.8 Å². The number of benzene rings is 1. The van der Waals surface area contributed by atoms with E-state index in [0.29, 0.717) is 17.8 Å². The van der Waals surface area contributed by atoms with E-state index in [1.54, 1.807) is 14.2 Å². The van der Waals surface area contributed by atoms with Gasteiger partial charge in [-0.15, -0.1) is 24.0 Å².